The monoisotopic (exact) mass is 276 g/mol. The van der Waals surface area contributed by atoms with Crippen LogP contribution in [0.5, 0.6) is 0 Å². The predicted molar refractivity (Wildman–Crippen MR) is 76.8 cm³/mol. The van der Waals surface area contributed by atoms with Crippen LogP contribution in [0.1, 0.15) is 35.7 Å². The van der Waals surface area contributed by atoms with Gasteiger partial charge < -0.3 is 15.4 Å². The number of rotatable bonds is 3. The molecule has 1 unspecified atom stereocenters. The Balaban J connectivity index is 2.20. The highest BCUT2D eigenvalue weighted by atomic mass is 16.5. The molecule has 0 spiro atoms. The molecule has 5 heteroatoms. The maximum Gasteiger partial charge on any atom is 0.337 e. The highest BCUT2D eigenvalue weighted by Crippen LogP contribution is 2.23. The minimum Gasteiger partial charge on any atom is -0.465 e. The summed E-state index contributed by atoms with van der Waals surface area (Å²) in [5.74, 6) is -0.481. The Bertz CT molecular complexity index is 534. The number of aryl methyl sites for hydroxylation is 1. The van der Waals surface area contributed by atoms with Gasteiger partial charge in [0.15, 0.2) is 0 Å². The van der Waals surface area contributed by atoms with Crippen molar-refractivity contribution in [2.24, 2.45) is 0 Å². The maximum atomic E-state index is 12.3. The first kappa shape index (κ1) is 14.5. The number of nitrogens with one attached hydrogen (secondary N) is 2. The molecule has 1 aromatic carbocycles. The Morgan fingerprint density at radius 1 is 1.40 bits per heavy atom. The quantitative estimate of drug-likeness (QED) is 0.827. The van der Waals surface area contributed by atoms with Crippen LogP contribution in [-0.2, 0) is 9.53 Å². The predicted octanol–water partition coefficient (Wildman–Crippen LogP) is 1.86. The van der Waals surface area contributed by atoms with Crippen molar-refractivity contribution in [2.45, 2.75) is 32.2 Å². The lowest BCUT2D eigenvalue weighted by Gasteiger charge is -2.23. The second-order valence-corrected chi connectivity index (χ2v) is 5.34. The van der Waals surface area contributed by atoms with E-state index in [-0.39, 0.29) is 5.91 Å². The molecular formula is C15H20N2O3. The van der Waals surface area contributed by atoms with Gasteiger partial charge in [-0.05, 0) is 50.9 Å². The number of anilines is 1. The number of methoxy groups -OCH3 is 1. The number of hydrogen-bond donors (Lipinski definition) is 2. The number of amides is 1. The molecule has 1 aliphatic heterocycles. The SMILES string of the molecule is COC(=O)c1ccc(C)c(NC(=O)C2(C)CCCN2)c1. The van der Waals surface area contributed by atoms with Crippen LogP contribution in [0.4, 0.5) is 5.69 Å². The van der Waals surface area contributed by atoms with Crippen molar-refractivity contribution >= 4 is 17.6 Å². The third-order valence-electron chi connectivity index (χ3n) is 3.78. The number of hydrogen-bond acceptors (Lipinski definition) is 4. The van der Waals surface area contributed by atoms with Gasteiger partial charge in [-0.2, -0.15) is 0 Å². The average molecular weight is 276 g/mol. The molecule has 2 N–H and O–H groups in total. The largest absolute Gasteiger partial charge is 0.465 e. The summed E-state index contributed by atoms with van der Waals surface area (Å²) in [6.45, 7) is 4.64. The zero-order chi connectivity index (χ0) is 14.8. The fraction of sp³-hybridized carbons (Fsp3) is 0.467. The summed E-state index contributed by atoms with van der Waals surface area (Å²) < 4.78 is 4.69. The highest BCUT2D eigenvalue weighted by molar-refractivity contribution is 6.00. The molecule has 20 heavy (non-hydrogen) atoms. The summed E-state index contributed by atoms with van der Waals surface area (Å²) in [5, 5.41) is 6.12. The highest BCUT2D eigenvalue weighted by Gasteiger charge is 2.36. The summed E-state index contributed by atoms with van der Waals surface area (Å²) in [6, 6.07) is 5.13. The van der Waals surface area contributed by atoms with Gasteiger partial charge in [0, 0.05) is 5.69 Å². The molecule has 0 radical (unpaired) electrons. The maximum absolute atomic E-state index is 12.3. The van der Waals surface area contributed by atoms with Gasteiger partial charge in [-0.1, -0.05) is 6.07 Å². The zero-order valence-electron chi connectivity index (χ0n) is 12.1. The first-order chi connectivity index (χ1) is 9.46. The smallest absolute Gasteiger partial charge is 0.337 e. The van der Waals surface area contributed by atoms with Gasteiger partial charge in [-0.25, -0.2) is 4.79 Å². The summed E-state index contributed by atoms with van der Waals surface area (Å²) >= 11 is 0. The molecule has 5 nitrogen and oxygen atoms in total. The molecular weight excluding hydrogens is 256 g/mol. The molecule has 1 heterocycles. The van der Waals surface area contributed by atoms with Gasteiger partial charge in [-0.3, -0.25) is 4.79 Å². The number of benzene rings is 1. The van der Waals surface area contributed by atoms with E-state index < -0.39 is 11.5 Å². The normalized spacial score (nSPS) is 21.6. The lowest BCUT2D eigenvalue weighted by molar-refractivity contribution is -0.121. The van der Waals surface area contributed by atoms with Crippen LogP contribution in [0.2, 0.25) is 0 Å². The molecule has 1 atom stereocenters. The van der Waals surface area contributed by atoms with Crippen molar-refractivity contribution in [3.63, 3.8) is 0 Å². The molecule has 1 saturated heterocycles. The van der Waals surface area contributed by atoms with Crippen LogP contribution in [0, 0.1) is 6.92 Å². The van der Waals surface area contributed by atoms with Crippen molar-refractivity contribution in [3.05, 3.63) is 29.3 Å². The fourth-order valence-electron chi connectivity index (χ4n) is 2.35. The van der Waals surface area contributed by atoms with E-state index in [0.29, 0.717) is 11.3 Å². The van der Waals surface area contributed by atoms with Crippen LogP contribution < -0.4 is 10.6 Å². The van der Waals surface area contributed by atoms with Gasteiger partial charge in [0.2, 0.25) is 5.91 Å². The van der Waals surface area contributed by atoms with E-state index in [2.05, 4.69) is 10.6 Å². The molecule has 0 bridgehead atoms. The Kier molecular flexibility index (Phi) is 4.09. The number of carbonyl (C=O) groups excluding carboxylic acids is 2. The van der Waals surface area contributed by atoms with E-state index in [1.807, 2.05) is 13.8 Å². The van der Waals surface area contributed by atoms with E-state index in [1.165, 1.54) is 7.11 Å². The van der Waals surface area contributed by atoms with Crippen molar-refractivity contribution < 1.29 is 14.3 Å². The Labute approximate surface area is 118 Å². The zero-order valence-corrected chi connectivity index (χ0v) is 12.1. The van der Waals surface area contributed by atoms with Gasteiger partial charge in [0.25, 0.3) is 0 Å². The molecule has 1 aliphatic rings. The minimum absolute atomic E-state index is 0.0693. The van der Waals surface area contributed by atoms with Crippen LogP contribution in [0.15, 0.2) is 18.2 Å². The first-order valence-electron chi connectivity index (χ1n) is 6.72. The second-order valence-electron chi connectivity index (χ2n) is 5.34. The van der Waals surface area contributed by atoms with Gasteiger partial charge in [0.1, 0.15) is 0 Å². The lowest BCUT2D eigenvalue weighted by Crippen LogP contribution is -2.48. The summed E-state index contributed by atoms with van der Waals surface area (Å²) in [6.07, 6.45) is 1.81. The van der Waals surface area contributed by atoms with E-state index in [1.54, 1.807) is 18.2 Å². The van der Waals surface area contributed by atoms with Crippen molar-refractivity contribution in [1.29, 1.82) is 0 Å². The molecule has 1 aromatic rings. The van der Waals surface area contributed by atoms with Crippen molar-refractivity contribution in [3.8, 4) is 0 Å². The van der Waals surface area contributed by atoms with E-state index in [4.69, 9.17) is 4.74 Å². The first-order valence-corrected chi connectivity index (χ1v) is 6.72. The Morgan fingerprint density at radius 2 is 2.15 bits per heavy atom. The number of ether oxygens (including phenoxy) is 1. The molecule has 2 rings (SSSR count). The third kappa shape index (κ3) is 2.82. The molecule has 0 saturated carbocycles. The van der Waals surface area contributed by atoms with Gasteiger partial charge in [-0.15, -0.1) is 0 Å². The van der Waals surface area contributed by atoms with E-state index in [9.17, 15) is 9.59 Å². The Morgan fingerprint density at radius 3 is 2.75 bits per heavy atom. The van der Waals surface area contributed by atoms with Crippen LogP contribution >= 0.6 is 0 Å². The van der Waals surface area contributed by atoms with Gasteiger partial charge >= 0.3 is 5.97 Å². The van der Waals surface area contributed by atoms with E-state index >= 15 is 0 Å². The summed E-state index contributed by atoms with van der Waals surface area (Å²) in [4.78, 5) is 23.9. The molecule has 0 aromatic heterocycles. The minimum atomic E-state index is -0.534. The molecule has 108 valence electrons. The molecule has 1 amide bonds. The van der Waals surface area contributed by atoms with E-state index in [0.717, 1.165) is 24.9 Å². The molecule has 0 aliphatic carbocycles. The van der Waals surface area contributed by atoms with Gasteiger partial charge in [0.05, 0.1) is 18.2 Å². The topological polar surface area (TPSA) is 67.4 Å². The van der Waals surface area contributed by atoms with Crippen LogP contribution in [-0.4, -0.2) is 31.1 Å². The van der Waals surface area contributed by atoms with Crippen molar-refractivity contribution in [1.82, 2.24) is 5.32 Å². The van der Waals surface area contributed by atoms with Crippen molar-refractivity contribution in [2.75, 3.05) is 19.0 Å². The number of carbonyl (C=O) groups is 2. The lowest BCUT2D eigenvalue weighted by atomic mass is 9.99. The summed E-state index contributed by atoms with van der Waals surface area (Å²) in [7, 11) is 1.34. The number of esters is 1. The summed E-state index contributed by atoms with van der Waals surface area (Å²) in [5.41, 5.74) is 1.45. The Hall–Kier alpha value is -1.88. The second kappa shape index (κ2) is 5.63. The van der Waals surface area contributed by atoms with Crippen LogP contribution in [0.25, 0.3) is 0 Å². The molecule has 1 fully saturated rings. The fourth-order valence-corrected chi connectivity index (χ4v) is 2.35. The third-order valence-corrected chi connectivity index (χ3v) is 3.78. The average Bonchev–Trinajstić information content (AvgIpc) is 2.88. The standard InChI is InChI=1S/C15H20N2O3/c1-10-5-6-11(13(18)20-3)9-12(10)17-14(19)15(2)7-4-8-16-15/h5-6,9,16H,4,7-8H2,1-3H3,(H,17,19). The van der Waals surface area contributed by atoms with Crippen LogP contribution in [0.3, 0.4) is 0 Å².